The third-order valence-electron chi connectivity index (χ3n) is 6.64. The van der Waals surface area contributed by atoms with Crippen LogP contribution in [0.3, 0.4) is 0 Å². The highest BCUT2D eigenvalue weighted by atomic mass is 35.5. The number of benzene rings is 4. The number of hydrogen-bond donors (Lipinski definition) is 1. The maximum absolute atomic E-state index is 13.8. The van der Waals surface area contributed by atoms with E-state index >= 15 is 0 Å². The Morgan fingerprint density at radius 3 is 2.13 bits per heavy atom. The van der Waals surface area contributed by atoms with Gasteiger partial charge < -0.3 is 19.7 Å². The average Bonchev–Trinajstić information content (AvgIpc) is 3.44. The standard InChI is InChI=1S/C32H29ClN2O4/c33-27-14-11-24(12-15-27)19-31(36)35(21-25-9-5-2-6-10-25)28(17-23-7-3-1-4-8-23)32(37)34-20-26-13-16-29-30(18-26)39-22-38-29/h1-16,18,28H,17,19-22H2,(H,34,37). The van der Waals surface area contributed by atoms with Crippen molar-refractivity contribution in [2.75, 3.05) is 6.79 Å². The van der Waals surface area contributed by atoms with E-state index in [9.17, 15) is 9.59 Å². The Morgan fingerprint density at radius 2 is 1.41 bits per heavy atom. The molecule has 1 unspecified atom stereocenters. The molecule has 4 aromatic carbocycles. The summed E-state index contributed by atoms with van der Waals surface area (Å²) in [7, 11) is 0. The van der Waals surface area contributed by atoms with Crippen molar-refractivity contribution in [2.24, 2.45) is 0 Å². The molecule has 6 nitrogen and oxygen atoms in total. The number of hydrogen-bond acceptors (Lipinski definition) is 4. The molecule has 0 fully saturated rings. The summed E-state index contributed by atoms with van der Waals surface area (Å²) in [6.45, 7) is 0.794. The van der Waals surface area contributed by atoms with Crippen molar-refractivity contribution in [3.05, 3.63) is 130 Å². The van der Waals surface area contributed by atoms with Crippen LogP contribution in [0, 0.1) is 0 Å². The van der Waals surface area contributed by atoms with Gasteiger partial charge in [0, 0.05) is 24.5 Å². The summed E-state index contributed by atoms with van der Waals surface area (Å²) in [4.78, 5) is 29.3. The van der Waals surface area contributed by atoms with Crippen molar-refractivity contribution in [3.63, 3.8) is 0 Å². The Balaban J connectivity index is 1.41. The highest BCUT2D eigenvalue weighted by molar-refractivity contribution is 6.30. The molecule has 198 valence electrons. The molecule has 0 aliphatic carbocycles. The van der Waals surface area contributed by atoms with Gasteiger partial charge in [-0.3, -0.25) is 9.59 Å². The maximum Gasteiger partial charge on any atom is 0.243 e. The van der Waals surface area contributed by atoms with Gasteiger partial charge in [0.05, 0.1) is 6.42 Å². The van der Waals surface area contributed by atoms with E-state index in [1.165, 1.54) is 0 Å². The van der Waals surface area contributed by atoms with E-state index in [4.69, 9.17) is 21.1 Å². The summed E-state index contributed by atoms with van der Waals surface area (Å²) < 4.78 is 10.9. The third kappa shape index (κ3) is 6.98. The largest absolute Gasteiger partial charge is 0.454 e. The Morgan fingerprint density at radius 1 is 0.769 bits per heavy atom. The average molecular weight is 541 g/mol. The number of nitrogens with zero attached hydrogens (tertiary/aromatic N) is 1. The molecular formula is C32H29ClN2O4. The fourth-order valence-electron chi connectivity index (χ4n) is 4.57. The van der Waals surface area contributed by atoms with Crippen LogP contribution in [0.1, 0.15) is 22.3 Å². The second-order valence-corrected chi connectivity index (χ2v) is 9.86. The summed E-state index contributed by atoms with van der Waals surface area (Å²) in [6.07, 6.45) is 0.539. The first-order chi connectivity index (χ1) is 19.0. The number of amides is 2. The lowest BCUT2D eigenvalue weighted by atomic mass is 10.0. The molecule has 0 bridgehead atoms. The molecular weight excluding hydrogens is 512 g/mol. The summed E-state index contributed by atoms with van der Waals surface area (Å²) in [5, 5.41) is 3.66. The van der Waals surface area contributed by atoms with E-state index < -0.39 is 6.04 Å². The fraction of sp³-hybridized carbons (Fsp3) is 0.188. The third-order valence-corrected chi connectivity index (χ3v) is 6.89. The Kier molecular flexibility index (Phi) is 8.44. The zero-order valence-corrected chi connectivity index (χ0v) is 22.1. The fourth-order valence-corrected chi connectivity index (χ4v) is 4.70. The van der Waals surface area contributed by atoms with Crippen LogP contribution in [0.15, 0.2) is 103 Å². The molecule has 0 saturated carbocycles. The van der Waals surface area contributed by atoms with Crippen molar-refractivity contribution in [1.82, 2.24) is 10.2 Å². The van der Waals surface area contributed by atoms with Gasteiger partial charge in [-0.05, 0) is 46.5 Å². The zero-order valence-electron chi connectivity index (χ0n) is 21.4. The highest BCUT2D eigenvalue weighted by Crippen LogP contribution is 2.32. The number of halogens is 1. The summed E-state index contributed by atoms with van der Waals surface area (Å²) in [5.74, 6) is 0.984. The summed E-state index contributed by atoms with van der Waals surface area (Å²) >= 11 is 6.05. The summed E-state index contributed by atoms with van der Waals surface area (Å²) in [5.41, 5.74) is 3.64. The van der Waals surface area contributed by atoms with Crippen molar-refractivity contribution in [1.29, 1.82) is 0 Å². The van der Waals surface area contributed by atoms with Crippen LogP contribution in [0.25, 0.3) is 0 Å². The van der Waals surface area contributed by atoms with E-state index in [1.807, 2.05) is 91.0 Å². The van der Waals surface area contributed by atoms with Crippen LogP contribution >= 0.6 is 11.6 Å². The van der Waals surface area contributed by atoms with Crippen LogP contribution in [0.5, 0.6) is 11.5 Å². The van der Waals surface area contributed by atoms with Gasteiger partial charge in [0.25, 0.3) is 0 Å². The molecule has 0 spiro atoms. The lowest BCUT2D eigenvalue weighted by Crippen LogP contribution is -2.50. The minimum absolute atomic E-state index is 0.139. The minimum Gasteiger partial charge on any atom is -0.454 e. The number of ether oxygens (including phenoxy) is 2. The molecule has 0 aromatic heterocycles. The van der Waals surface area contributed by atoms with Gasteiger partial charge in [-0.15, -0.1) is 0 Å². The maximum atomic E-state index is 13.8. The van der Waals surface area contributed by atoms with Crippen molar-refractivity contribution in [3.8, 4) is 11.5 Å². The van der Waals surface area contributed by atoms with Crippen LogP contribution in [-0.2, 0) is 35.5 Å². The molecule has 1 aliphatic heterocycles. The monoisotopic (exact) mass is 540 g/mol. The highest BCUT2D eigenvalue weighted by Gasteiger charge is 2.30. The van der Waals surface area contributed by atoms with Gasteiger partial charge in [0.2, 0.25) is 18.6 Å². The predicted octanol–water partition coefficient (Wildman–Crippen LogP) is 5.57. The summed E-state index contributed by atoms with van der Waals surface area (Å²) in [6, 6.07) is 31.6. The van der Waals surface area contributed by atoms with Crippen molar-refractivity contribution in [2.45, 2.75) is 32.0 Å². The van der Waals surface area contributed by atoms with Gasteiger partial charge in [-0.25, -0.2) is 0 Å². The topological polar surface area (TPSA) is 67.9 Å². The molecule has 39 heavy (non-hydrogen) atoms. The van der Waals surface area contributed by atoms with E-state index in [2.05, 4.69) is 5.32 Å². The lowest BCUT2D eigenvalue weighted by molar-refractivity contribution is -0.140. The molecule has 1 atom stereocenters. The van der Waals surface area contributed by atoms with Crippen LogP contribution in [0.4, 0.5) is 0 Å². The number of carbonyl (C=O) groups is 2. The van der Waals surface area contributed by atoms with E-state index in [1.54, 1.807) is 17.0 Å². The molecule has 0 radical (unpaired) electrons. The Labute approximate surface area is 233 Å². The van der Waals surface area contributed by atoms with Gasteiger partial charge in [-0.1, -0.05) is 90.5 Å². The molecule has 1 N–H and O–H groups in total. The molecule has 1 aliphatic rings. The molecule has 4 aromatic rings. The normalized spacial score (nSPS) is 12.5. The molecule has 2 amide bonds. The number of fused-ring (bicyclic) bond motifs is 1. The molecule has 7 heteroatoms. The Hall–Kier alpha value is -4.29. The smallest absolute Gasteiger partial charge is 0.243 e. The quantitative estimate of drug-likeness (QED) is 0.286. The minimum atomic E-state index is -0.721. The molecule has 5 rings (SSSR count). The van der Waals surface area contributed by atoms with E-state index in [-0.39, 0.29) is 25.0 Å². The SMILES string of the molecule is O=C(NCc1ccc2c(c1)OCO2)C(Cc1ccccc1)N(Cc1ccccc1)C(=O)Cc1ccc(Cl)cc1. The molecule has 0 saturated heterocycles. The lowest BCUT2D eigenvalue weighted by Gasteiger charge is -2.31. The second kappa shape index (κ2) is 12.5. The van der Waals surface area contributed by atoms with Crippen LogP contribution in [-0.4, -0.2) is 29.5 Å². The number of rotatable bonds is 10. The van der Waals surface area contributed by atoms with Crippen LogP contribution < -0.4 is 14.8 Å². The number of nitrogens with one attached hydrogen (secondary N) is 1. The Bertz CT molecular complexity index is 1410. The van der Waals surface area contributed by atoms with Gasteiger partial charge in [-0.2, -0.15) is 0 Å². The van der Waals surface area contributed by atoms with E-state index in [0.29, 0.717) is 36.0 Å². The van der Waals surface area contributed by atoms with E-state index in [0.717, 1.165) is 22.3 Å². The second-order valence-electron chi connectivity index (χ2n) is 9.42. The first kappa shape index (κ1) is 26.3. The first-order valence-electron chi connectivity index (χ1n) is 12.8. The van der Waals surface area contributed by atoms with Crippen LogP contribution in [0.2, 0.25) is 5.02 Å². The predicted molar refractivity (Wildman–Crippen MR) is 150 cm³/mol. The van der Waals surface area contributed by atoms with Gasteiger partial charge >= 0.3 is 0 Å². The van der Waals surface area contributed by atoms with Gasteiger partial charge in [0.1, 0.15) is 6.04 Å². The van der Waals surface area contributed by atoms with Crippen molar-refractivity contribution < 1.29 is 19.1 Å². The first-order valence-corrected chi connectivity index (χ1v) is 13.2. The molecule has 1 heterocycles. The number of carbonyl (C=O) groups excluding carboxylic acids is 2. The van der Waals surface area contributed by atoms with Crippen molar-refractivity contribution >= 4 is 23.4 Å². The zero-order chi connectivity index (χ0) is 27.0. The van der Waals surface area contributed by atoms with Gasteiger partial charge in [0.15, 0.2) is 11.5 Å².